The molecule has 0 bridgehead atoms. The fourth-order valence-corrected chi connectivity index (χ4v) is 1.14. The maximum absolute atomic E-state index is 13.1. The van der Waals surface area contributed by atoms with E-state index in [0.29, 0.717) is 0 Å². The van der Waals surface area contributed by atoms with E-state index >= 15 is 0 Å². The fraction of sp³-hybridized carbons (Fsp3) is 0.250. The molecule has 76 valence electrons. The molecule has 0 saturated carbocycles. The number of nitrogens with zero attached hydrogens (tertiary/aromatic N) is 1. The lowest BCUT2D eigenvalue weighted by Gasteiger charge is -2.05. The molecule has 0 N–H and O–H groups in total. The van der Waals surface area contributed by atoms with Crippen LogP contribution in [0.25, 0.3) is 0 Å². The van der Waals surface area contributed by atoms with Gasteiger partial charge in [0, 0.05) is 11.8 Å². The molecule has 0 atom stereocenters. The minimum Gasteiger partial charge on any atom is -0.276 e. The Morgan fingerprint density at radius 1 is 1.57 bits per heavy atom. The highest BCUT2D eigenvalue weighted by Crippen LogP contribution is 2.24. The molecule has 0 aliphatic heterocycles. The Balaban J connectivity index is 3.33. The second-order valence-electron chi connectivity index (χ2n) is 2.57. The van der Waals surface area contributed by atoms with E-state index in [1.807, 2.05) is 0 Å². The van der Waals surface area contributed by atoms with Crippen LogP contribution in [0.2, 0.25) is 0 Å². The summed E-state index contributed by atoms with van der Waals surface area (Å²) in [6.07, 6.45) is -2.16. The number of carbonyl (C=O) groups excluding carboxylic acids is 1. The zero-order valence-corrected chi connectivity index (χ0v) is 7.78. The Hall–Kier alpha value is -1.10. The predicted octanol–water partition coefficient (Wildman–Crippen LogP) is 2.85. The number of halogens is 4. The highest BCUT2D eigenvalue weighted by molar-refractivity contribution is 6.67. The van der Waals surface area contributed by atoms with Crippen LogP contribution in [0.3, 0.4) is 0 Å². The van der Waals surface area contributed by atoms with Crippen molar-refractivity contribution in [2.45, 2.75) is 13.3 Å². The van der Waals surface area contributed by atoms with Gasteiger partial charge in [0.25, 0.3) is 11.7 Å². The van der Waals surface area contributed by atoms with Crippen molar-refractivity contribution in [1.82, 2.24) is 4.98 Å². The van der Waals surface area contributed by atoms with E-state index in [0.717, 1.165) is 6.20 Å². The number of pyridine rings is 1. The number of aromatic nitrogens is 1. The molecule has 0 radical (unpaired) electrons. The van der Waals surface area contributed by atoms with Crippen LogP contribution in [0.1, 0.15) is 28.0 Å². The topological polar surface area (TPSA) is 30.0 Å². The molecule has 0 fully saturated rings. The first-order valence-electron chi connectivity index (χ1n) is 3.58. The molecule has 0 spiro atoms. The third-order valence-corrected chi connectivity index (χ3v) is 1.91. The lowest BCUT2D eigenvalue weighted by molar-refractivity contribution is 0.107. The second-order valence-corrected chi connectivity index (χ2v) is 2.91. The Labute approximate surface area is 82.7 Å². The lowest BCUT2D eigenvalue weighted by Crippen LogP contribution is -2.04. The van der Waals surface area contributed by atoms with E-state index < -0.39 is 23.2 Å². The highest BCUT2D eigenvalue weighted by atomic mass is 35.5. The fourth-order valence-electron chi connectivity index (χ4n) is 0.948. The molecular weight excluding hydrogens is 219 g/mol. The average molecular weight is 224 g/mol. The van der Waals surface area contributed by atoms with Gasteiger partial charge in [0.2, 0.25) is 0 Å². The second kappa shape index (κ2) is 3.96. The average Bonchev–Trinajstić information content (AvgIpc) is 2.08. The van der Waals surface area contributed by atoms with Crippen LogP contribution in [0.4, 0.5) is 13.2 Å². The quantitative estimate of drug-likeness (QED) is 0.722. The van der Waals surface area contributed by atoms with Gasteiger partial charge in [-0.15, -0.1) is 0 Å². The molecule has 0 saturated heterocycles. The summed E-state index contributed by atoms with van der Waals surface area (Å²) in [5.74, 6) is -1.19. The number of hydrogen-bond acceptors (Lipinski definition) is 2. The normalized spacial score (nSPS) is 10.7. The van der Waals surface area contributed by atoms with Crippen molar-refractivity contribution in [3.63, 3.8) is 0 Å². The monoisotopic (exact) mass is 223 g/mol. The van der Waals surface area contributed by atoms with Crippen molar-refractivity contribution < 1.29 is 18.0 Å². The Kier molecular flexibility index (Phi) is 3.10. The minimum atomic E-state index is -3.01. The molecule has 0 aromatic carbocycles. The lowest BCUT2D eigenvalue weighted by atomic mass is 10.1. The molecule has 1 aromatic rings. The first kappa shape index (κ1) is 11.0. The maximum atomic E-state index is 13.1. The first-order chi connectivity index (χ1) is 6.45. The van der Waals surface area contributed by atoms with E-state index in [4.69, 9.17) is 11.6 Å². The minimum absolute atomic E-state index is 0.200. The summed E-state index contributed by atoms with van der Waals surface area (Å²) in [5.41, 5.74) is -1.38. The van der Waals surface area contributed by atoms with Gasteiger partial charge < -0.3 is 0 Å². The third kappa shape index (κ3) is 1.87. The van der Waals surface area contributed by atoms with E-state index in [1.165, 1.54) is 6.92 Å². The molecule has 0 aliphatic carbocycles. The van der Waals surface area contributed by atoms with Crippen LogP contribution in [-0.2, 0) is 0 Å². The summed E-state index contributed by atoms with van der Waals surface area (Å²) in [5, 5.41) is -0.922. The van der Waals surface area contributed by atoms with Gasteiger partial charge in [-0.25, -0.2) is 13.2 Å². The molecule has 1 rings (SSSR count). The number of hydrogen-bond donors (Lipinski definition) is 0. The van der Waals surface area contributed by atoms with E-state index in [1.54, 1.807) is 0 Å². The van der Waals surface area contributed by atoms with Gasteiger partial charge >= 0.3 is 0 Å². The van der Waals surface area contributed by atoms with Crippen molar-refractivity contribution in [2.24, 2.45) is 0 Å². The molecule has 0 aliphatic rings. The Bertz CT molecular complexity index is 381. The Morgan fingerprint density at radius 3 is 2.57 bits per heavy atom. The van der Waals surface area contributed by atoms with Crippen molar-refractivity contribution in [1.29, 1.82) is 0 Å². The summed E-state index contributed by atoms with van der Waals surface area (Å²) >= 11 is 5.08. The van der Waals surface area contributed by atoms with Crippen molar-refractivity contribution in [3.05, 3.63) is 28.8 Å². The summed E-state index contributed by atoms with van der Waals surface area (Å²) in [4.78, 5) is 13.8. The molecule has 1 heterocycles. The zero-order valence-electron chi connectivity index (χ0n) is 7.02. The van der Waals surface area contributed by atoms with Crippen LogP contribution in [0.5, 0.6) is 0 Å². The van der Waals surface area contributed by atoms with Crippen LogP contribution in [-0.4, -0.2) is 10.2 Å². The van der Waals surface area contributed by atoms with Crippen molar-refractivity contribution >= 4 is 16.8 Å². The van der Waals surface area contributed by atoms with E-state index in [2.05, 4.69) is 4.98 Å². The smallest absolute Gasteiger partial charge is 0.276 e. The molecule has 2 nitrogen and oxygen atoms in total. The van der Waals surface area contributed by atoms with Gasteiger partial charge in [-0.05, 0) is 18.5 Å². The van der Waals surface area contributed by atoms with Crippen molar-refractivity contribution in [3.8, 4) is 0 Å². The number of rotatable bonds is 2. The van der Waals surface area contributed by atoms with Gasteiger partial charge in [-0.3, -0.25) is 9.78 Å². The standard InChI is InChI=1S/C8H5ClF3NO/c1-3-4(7(9)14)2-13-6(5(3)10)8(11)12/h2,8H,1H3. The largest absolute Gasteiger partial charge is 0.283 e. The summed E-state index contributed by atoms with van der Waals surface area (Å²) < 4.78 is 37.4. The molecule has 1 aromatic heterocycles. The van der Waals surface area contributed by atoms with Crippen molar-refractivity contribution in [2.75, 3.05) is 0 Å². The third-order valence-electron chi connectivity index (χ3n) is 1.71. The van der Waals surface area contributed by atoms with Crippen LogP contribution >= 0.6 is 11.6 Å². The van der Waals surface area contributed by atoms with Crippen LogP contribution in [0, 0.1) is 12.7 Å². The molecule has 14 heavy (non-hydrogen) atoms. The SMILES string of the molecule is Cc1c(C(=O)Cl)cnc(C(F)F)c1F. The zero-order chi connectivity index (χ0) is 10.9. The van der Waals surface area contributed by atoms with Crippen LogP contribution in [0.15, 0.2) is 6.20 Å². The highest BCUT2D eigenvalue weighted by Gasteiger charge is 2.20. The summed E-state index contributed by atoms with van der Waals surface area (Å²) in [7, 11) is 0. The maximum Gasteiger partial charge on any atom is 0.283 e. The summed E-state index contributed by atoms with van der Waals surface area (Å²) in [6.45, 7) is 1.19. The van der Waals surface area contributed by atoms with E-state index in [-0.39, 0.29) is 11.1 Å². The molecule has 0 amide bonds. The molecular formula is C8H5ClF3NO. The van der Waals surface area contributed by atoms with Gasteiger partial charge in [0.15, 0.2) is 5.82 Å². The van der Waals surface area contributed by atoms with E-state index in [9.17, 15) is 18.0 Å². The number of carbonyl (C=O) groups is 1. The van der Waals surface area contributed by atoms with Gasteiger partial charge in [-0.2, -0.15) is 0 Å². The summed E-state index contributed by atoms with van der Waals surface area (Å²) in [6, 6.07) is 0. The first-order valence-corrected chi connectivity index (χ1v) is 3.96. The van der Waals surface area contributed by atoms with Crippen LogP contribution < -0.4 is 0 Å². The molecule has 6 heteroatoms. The molecule has 0 unspecified atom stereocenters. The van der Waals surface area contributed by atoms with Gasteiger partial charge in [-0.1, -0.05) is 0 Å². The van der Waals surface area contributed by atoms with Gasteiger partial charge in [0.1, 0.15) is 5.69 Å². The van der Waals surface area contributed by atoms with Gasteiger partial charge in [0.05, 0.1) is 5.56 Å². The number of alkyl halides is 2. The Morgan fingerprint density at radius 2 is 2.14 bits per heavy atom. The predicted molar refractivity (Wildman–Crippen MR) is 44.1 cm³/mol.